The van der Waals surface area contributed by atoms with Crippen molar-refractivity contribution in [1.82, 2.24) is 5.32 Å². The second kappa shape index (κ2) is 7.51. The third-order valence-corrected chi connectivity index (χ3v) is 3.71. The van der Waals surface area contributed by atoms with E-state index in [9.17, 15) is 0 Å². The molecule has 0 spiro atoms. The molecule has 1 atom stereocenters. The van der Waals surface area contributed by atoms with Gasteiger partial charge in [-0.25, -0.2) is 0 Å². The molecule has 0 aromatic carbocycles. The van der Waals surface area contributed by atoms with Gasteiger partial charge in [-0.15, -0.1) is 11.3 Å². The fraction of sp³-hybridized carbons (Fsp3) is 0.636. The van der Waals surface area contributed by atoms with Crippen LogP contribution in [0.2, 0.25) is 8.67 Å². The van der Waals surface area contributed by atoms with Crippen LogP contribution in [0.1, 0.15) is 31.9 Å². The molecule has 0 aliphatic carbocycles. The summed E-state index contributed by atoms with van der Waals surface area (Å²) in [6.45, 7) is 6.40. The highest BCUT2D eigenvalue weighted by Gasteiger charge is 2.16. The van der Waals surface area contributed by atoms with Crippen LogP contribution in [-0.2, 0) is 4.74 Å². The summed E-state index contributed by atoms with van der Waals surface area (Å²) in [6, 6.07) is 2.05. The van der Waals surface area contributed by atoms with E-state index in [1.54, 1.807) is 0 Å². The molecule has 0 radical (unpaired) electrons. The topological polar surface area (TPSA) is 21.3 Å². The molecule has 0 saturated carbocycles. The Morgan fingerprint density at radius 2 is 2.19 bits per heavy atom. The zero-order valence-corrected chi connectivity index (χ0v) is 11.9. The van der Waals surface area contributed by atoms with Crippen LogP contribution in [0, 0.1) is 0 Å². The normalized spacial score (nSPS) is 13.0. The van der Waals surface area contributed by atoms with Crippen molar-refractivity contribution in [2.24, 2.45) is 0 Å². The van der Waals surface area contributed by atoms with Crippen molar-refractivity contribution in [2.75, 3.05) is 19.8 Å². The van der Waals surface area contributed by atoms with Crippen LogP contribution in [0.4, 0.5) is 0 Å². The van der Waals surface area contributed by atoms with Crippen molar-refractivity contribution in [1.29, 1.82) is 0 Å². The molecule has 0 aliphatic rings. The van der Waals surface area contributed by atoms with E-state index in [-0.39, 0.29) is 6.04 Å². The lowest BCUT2D eigenvalue weighted by molar-refractivity contribution is 0.123. The number of rotatable bonds is 7. The Labute approximate surface area is 111 Å². The van der Waals surface area contributed by atoms with Gasteiger partial charge < -0.3 is 10.1 Å². The molecule has 1 heterocycles. The Kier molecular flexibility index (Phi) is 6.70. The van der Waals surface area contributed by atoms with Gasteiger partial charge in [0.15, 0.2) is 0 Å². The first-order valence-corrected chi connectivity index (χ1v) is 7.02. The minimum atomic E-state index is 0.135. The molecular formula is C11H17Cl2NOS. The molecule has 0 bridgehead atoms. The highest BCUT2D eigenvalue weighted by atomic mass is 35.5. The largest absolute Gasteiger partial charge is 0.380 e. The van der Waals surface area contributed by atoms with E-state index in [2.05, 4.69) is 12.2 Å². The number of thiophene rings is 1. The quantitative estimate of drug-likeness (QED) is 0.811. The lowest BCUT2D eigenvalue weighted by atomic mass is 10.1. The second-order valence-electron chi connectivity index (χ2n) is 3.45. The summed E-state index contributed by atoms with van der Waals surface area (Å²) in [5.74, 6) is 0. The molecule has 0 aliphatic heterocycles. The fourth-order valence-corrected chi connectivity index (χ4v) is 2.98. The minimum Gasteiger partial charge on any atom is -0.380 e. The molecular weight excluding hydrogens is 265 g/mol. The van der Waals surface area contributed by atoms with Crippen molar-refractivity contribution >= 4 is 34.5 Å². The van der Waals surface area contributed by atoms with E-state index in [1.165, 1.54) is 11.3 Å². The van der Waals surface area contributed by atoms with Gasteiger partial charge in [-0.2, -0.15) is 0 Å². The standard InChI is InChI=1S/C11H17Cl2NOS/c1-3-5-14-9(7-15-4-2)8-6-10(12)16-11(8)13/h6,9,14H,3-5,7H2,1-2H3. The molecule has 16 heavy (non-hydrogen) atoms. The number of ether oxygens (including phenoxy) is 1. The van der Waals surface area contributed by atoms with E-state index in [0.717, 1.165) is 27.2 Å². The summed E-state index contributed by atoms with van der Waals surface area (Å²) >= 11 is 13.5. The predicted octanol–water partition coefficient (Wildman–Crippen LogP) is 4.13. The van der Waals surface area contributed by atoms with Gasteiger partial charge in [-0.1, -0.05) is 30.1 Å². The van der Waals surface area contributed by atoms with Crippen molar-refractivity contribution in [3.05, 3.63) is 20.3 Å². The summed E-state index contributed by atoms with van der Waals surface area (Å²) in [4.78, 5) is 0. The molecule has 0 fully saturated rings. The Morgan fingerprint density at radius 3 is 2.69 bits per heavy atom. The SMILES string of the molecule is CCCNC(COCC)c1cc(Cl)sc1Cl. The highest BCUT2D eigenvalue weighted by molar-refractivity contribution is 7.20. The average molecular weight is 282 g/mol. The van der Waals surface area contributed by atoms with E-state index >= 15 is 0 Å². The van der Waals surface area contributed by atoms with E-state index < -0.39 is 0 Å². The average Bonchev–Trinajstić information content (AvgIpc) is 2.58. The maximum atomic E-state index is 6.14. The molecule has 1 unspecified atom stereocenters. The minimum absolute atomic E-state index is 0.135. The molecule has 1 N–H and O–H groups in total. The van der Waals surface area contributed by atoms with Gasteiger partial charge in [0.25, 0.3) is 0 Å². The smallest absolute Gasteiger partial charge is 0.0992 e. The van der Waals surface area contributed by atoms with E-state index in [4.69, 9.17) is 27.9 Å². The Hall–Kier alpha value is 0.200. The lowest BCUT2D eigenvalue weighted by Gasteiger charge is -2.17. The predicted molar refractivity (Wildman–Crippen MR) is 71.9 cm³/mol. The van der Waals surface area contributed by atoms with Crippen LogP contribution >= 0.6 is 34.5 Å². The van der Waals surface area contributed by atoms with Gasteiger partial charge in [-0.05, 0) is 26.0 Å². The number of hydrogen-bond acceptors (Lipinski definition) is 3. The van der Waals surface area contributed by atoms with E-state index in [0.29, 0.717) is 13.2 Å². The van der Waals surface area contributed by atoms with Crippen LogP contribution < -0.4 is 5.32 Å². The maximum absolute atomic E-state index is 6.14. The van der Waals surface area contributed by atoms with Crippen molar-refractivity contribution in [3.63, 3.8) is 0 Å². The van der Waals surface area contributed by atoms with Gasteiger partial charge in [0, 0.05) is 12.2 Å². The summed E-state index contributed by atoms with van der Waals surface area (Å²) in [5.41, 5.74) is 1.04. The van der Waals surface area contributed by atoms with Gasteiger partial charge in [0.05, 0.1) is 21.3 Å². The van der Waals surface area contributed by atoms with Crippen LogP contribution in [-0.4, -0.2) is 19.8 Å². The fourth-order valence-electron chi connectivity index (χ4n) is 1.40. The van der Waals surface area contributed by atoms with Crippen LogP contribution in [0.5, 0.6) is 0 Å². The third kappa shape index (κ3) is 4.22. The zero-order valence-electron chi connectivity index (χ0n) is 9.56. The number of nitrogens with one attached hydrogen (secondary N) is 1. The summed E-state index contributed by atoms with van der Waals surface area (Å²) in [6.07, 6.45) is 1.08. The van der Waals surface area contributed by atoms with Crippen molar-refractivity contribution < 1.29 is 4.74 Å². The van der Waals surface area contributed by atoms with Crippen molar-refractivity contribution in [3.8, 4) is 0 Å². The summed E-state index contributed by atoms with van der Waals surface area (Å²) in [5, 5.41) is 3.41. The maximum Gasteiger partial charge on any atom is 0.0992 e. The van der Waals surface area contributed by atoms with Crippen molar-refractivity contribution in [2.45, 2.75) is 26.3 Å². The Bertz CT molecular complexity index is 309. The molecule has 0 saturated heterocycles. The summed E-state index contributed by atoms with van der Waals surface area (Å²) < 4.78 is 6.92. The molecule has 92 valence electrons. The second-order valence-corrected chi connectivity index (χ2v) is 5.73. The number of halogens is 2. The first kappa shape index (κ1) is 14.3. The Morgan fingerprint density at radius 1 is 1.44 bits per heavy atom. The van der Waals surface area contributed by atoms with Gasteiger partial charge in [-0.3, -0.25) is 0 Å². The first-order chi connectivity index (χ1) is 7.69. The van der Waals surface area contributed by atoms with Crippen LogP contribution in [0.25, 0.3) is 0 Å². The molecule has 1 rings (SSSR count). The lowest BCUT2D eigenvalue weighted by Crippen LogP contribution is -2.26. The van der Waals surface area contributed by atoms with Gasteiger partial charge in [0.2, 0.25) is 0 Å². The molecule has 1 aromatic heterocycles. The van der Waals surface area contributed by atoms with Crippen LogP contribution in [0.3, 0.4) is 0 Å². The zero-order chi connectivity index (χ0) is 12.0. The molecule has 2 nitrogen and oxygen atoms in total. The number of hydrogen-bond donors (Lipinski definition) is 1. The molecule has 5 heteroatoms. The molecule has 0 amide bonds. The first-order valence-electron chi connectivity index (χ1n) is 5.44. The Balaban J connectivity index is 2.70. The summed E-state index contributed by atoms with van der Waals surface area (Å²) in [7, 11) is 0. The van der Waals surface area contributed by atoms with Gasteiger partial charge >= 0.3 is 0 Å². The van der Waals surface area contributed by atoms with E-state index in [1.807, 2.05) is 13.0 Å². The third-order valence-electron chi connectivity index (χ3n) is 2.19. The monoisotopic (exact) mass is 281 g/mol. The van der Waals surface area contributed by atoms with Crippen LogP contribution in [0.15, 0.2) is 6.07 Å². The highest BCUT2D eigenvalue weighted by Crippen LogP contribution is 2.35. The van der Waals surface area contributed by atoms with Gasteiger partial charge in [0.1, 0.15) is 0 Å². The molecule has 1 aromatic rings.